The molecule has 1 aromatic heterocycles. The van der Waals surface area contributed by atoms with Gasteiger partial charge in [0, 0.05) is 24.4 Å². The Bertz CT molecular complexity index is 1140. The van der Waals surface area contributed by atoms with E-state index in [0.717, 1.165) is 0 Å². The fourth-order valence-corrected chi connectivity index (χ4v) is 3.25. The first-order chi connectivity index (χ1) is 16.5. The van der Waals surface area contributed by atoms with E-state index < -0.39 is 53.6 Å². The van der Waals surface area contributed by atoms with Crippen LogP contribution in [-0.2, 0) is 35.1 Å². The van der Waals surface area contributed by atoms with Gasteiger partial charge < -0.3 is 25.3 Å². The first-order valence-electron chi connectivity index (χ1n) is 11.2. The topological polar surface area (TPSA) is 151 Å². The molecule has 0 saturated carbocycles. The molecule has 0 fully saturated rings. The molecule has 0 unspecified atom stereocenters. The lowest BCUT2D eigenvalue weighted by atomic mass is 10.0. The molecular weight excluding hydrogens is 459 g/mol. The van der Waals surface area contributed by atoms with Crippen molar-refractivity contribution in [3.8, 4) is 0 Å². The third-order valence-electron chi connectivity index (χ3n) is 5.01. The number of carbonyl (C=O) groups excluding carboxylic acids is 4. The highest BCUT2D eigenvalue weighted by Gasteiger charge is 2.31. The second-order valence-electron chi connectivity index (χ2n) is 8.56. The average Bonchev–Trinajstić information content (AvgIpc) is 3.19. The number of carbonyl (C=O) groups is 4. The number of Topliss-reactive ketones (excluding diaryl/α,β-unsaturated/α-hetero) is 1. The van der Waals surface area contributed by atoms with Gasteiger partial charge in [-0.2, -0.15) is 4.79 Å². The summed E-state index contributed by atoms with van der Waals surface area (Å²) in [5, 5.41) is 3.02. The van der Waals surface area contributed by atoms with E-state index in [1.807, 2.05) is 0 Å². The van der Waals surface area contributed by atoms with Crippen LogP contribution in [0.3, 0.4) is 0 Å². The van der Waals surface area contributed by atoms with Gasteiger partial charge in [-0.05, 0) is 31.9 Å². The van der Waals surface area contributed by atoms with Crippen molar-refractivity contribution in [2.45, 2.75) is 65.2 Å². The summed E-state index contributed by atoms with van der Waals surface area (Å²) in [5.74, 6) is -3.74. The molecule has 1 aromatic carbocycles. The van der Waals surface area contributed by atoms with Gasteiger partial charge in [0.1, 0.15) is 11.9 Å². The number of aromatic nitrogens is 1. The van der Waals surface area contributed by atoms with Gasteiger partial charge in [0.2, 0.25) is 5.78 Å². The highest BCUT2D eigenvalue weighted by atomic mass is 19.1. The van der Waals surface area contributed by atoms with Gasteiger partial charge in [-0.3, -0.25) is 14.4 Å². The minimum absolute atomic E-state index is 0.0875. The Morgan fingerprint density at radius 3 is 2.49 bits per heavy atom. The highest BCUT2D eigenvalue weighted by Crippen LogP contribution is 2.23. The maximum atomic E-state index is 14.1. The van der Waals surface area contributed by atoms with Gasteiger partial charge in [-0.25, -0.2) is 9.18 Å². The molecule has 0 saturated heterocycles. The number of para-hydroxylation sites is 1. The Morgan fingerprint density at radius 2 is 1.86 bits per heavy atom. The number of fused-ring (bicyclic) bond motifs is 1. The maximum Gasteiger partial charge on any atom is 0.328 e. The van der Waals surface area contributed by atoms with Crippen LogP contribution in [0.2, 0.25) is 0 Å². The summed E-state index contributed by atoms with van der Waals surface area (Å²) in [6.45, 7) is 6.47. The lowest BCUT2D eigenvalue weighted by molar-refractivity contribution is -0.160. The van der Waals surface area contributed by atoms with Crippen LogP contribution in [0.1, 0.15) is 46.1 Å². The van der Waals surface area contributed by atoms with Gasteiger partial charge in [-0.15, -0.1) is 0 Å². The summed E-state index contributed by atoms with van der Waals surface area (Å²) in [7, 11) is 0. The lowest BCUT2D eigenvalue weighted by Gasteiger charge is -2.23. The molecule has 1 amide bonds. The number of hydrogen-bond donors (Lipinski definition) is 2. The van der Waals surface area contributed by atoms with Crippen LogP contribution in [0.5, 0.6) is 0 Å². The number of amides is 1. The molecule has 11 heteroatoms. The van der Waals surface area contributed by atoms with Crippen LogP contribution in [0.25, 0.3) is 16.4 Å². The minimum Gasteiger partial charge on any atom is -0.461 e. The average molecular weight is 489 g/mol. The fourth-order valence-electron chi connectivity index (χ4n) is 3.25. The van der Waals surface area contributed by atoms with E-state index in [2.05, 4.69) is 15.1 Å². The van der Waals surface area contributed by atoms with Gasteiger partial charge in [0.15, 0.2) is 6.10 Å². The van der Waals surface area contributed by atoms with Gasteiger partial charge >= 0.3 is 18.2 Å². The molecule has 2 N–H and O–H groups in total. The second kappa shape index (κ2) is 12.6. The normalized spacial score (nSPS) is 12.7. The van der Waals surface area contributed by atoms with Crippen LogP contribution in [0.15, 0.2) is 24.4 Å². The predicted octanol–water partition coefficient (Wildman–Crippen LogP) is 2.50. The number of benzene rings is 1. The van der Waals surface area contributed by atoms with Gasteiger partial charge in [-0.1, -0.05) is 26.0 Å². The second-order valence-corrected chi connectivity index (χ2v) is 8.56. The summed E-state index contributed by atoms with van der Waals surface area (Å²) in [5.41, 5.74) is 9.29. The van der Waals surface area contributed by atoms with Crippen molar-refractivity contribution in [1.82, 2.24) is 10.3 Å². The number of aromatic amines is 1. The molecule has 2 aromatic rings. The van der Waals surface area contributed by atoms with Crippen LogP contribution in [-0.4, -0.2) is 57.9 Å². The monoisotopic (exact) mass is 488 g/mol. The molecule has 2 rings (SSSR count). The molecule has 0 aliphatic heterocycles. The lowest BCUT2D eigenvalue weighted by Crippen LogP contribution is -2.48. The molecule has 0 bridgehead atoms. The van der Waals surface area contributed by atoms with Crippen molar-refractivity contribution < 1.29 is 37.8 Å². The fraction of sp³-hybridized carbons (Fsp3) is 0.458. The van der Waals surface area contributed by atoms with Crippen molar-refractivity contribution in [1.29, 1.82) is 0 Å². The molecule has 188 valence electrons. The van der Waals surface area contributed by atoms with Crippen LogP contribution < -0.4 is 5.32 Å². The van der Waals surface area contributed by atoms with Crippen LogP contribution in [0.4, 0.5) is 4.39 Å². The largest absolute Gasteiger partial charge is 0.461 e. The number of nitrogens with zero attached hydrogens (tertiary/aromatic N) is 2. The first-order valence-corrected chi connectivity index (χ1v) is 11.2. The van der Waals surface area contributed by atoms with E-state index in [1.165, 1.54) is 18.3 Å². The molecule has 35 heavy (non-hydrogen) atoms. The number of ether oxygens (including phenoxy) is 2. The third-order valence-corrected chi connectivity index (χ3v) is 5.01. The zero-order valence-corrected chi connectivity index (χ0v) is 20.0. The molecule has 1 heterocycles. The van der Waals surface area contributed by atoms with Crippen LogP contribution >= 0.6 is 0 Å². The zero-order chi connectivity index (χ0) is 26.1. The van der Waals surface area contributed by atoms with E-state index >= 15 is 0 Å². The summed E-state index contributed by atoms with van der Waals surface area (Å²) in [6.07, 6.45) is -0.0323. The number of H-pyrrole nitrogens is 1. The van der Waals surface area contributed by atoms with Crippen molar-refractivity contribution in [3.05, 3.63) is 41.3 Å². The zero-order valence-electron chi connectivity index (χ0n) is 20.0. The SMILES string of the molecule is CC(C)OC(=O)[C@H](CCC(=O)C=[N+]=[N-])NC(=O)[C@H](Cc1c[nH]c2c(F)cccc12)OC(=O)C(C)C. The smallest absolute Gasteiger partial charge is 0.328 e. The number of nitrogens with one attached hydrogen (secondary N) is 2. The Labute approximate surface area is 201 Å². The van der Waals surface area contributed by atoms with E-state index in [-0.39, 0.29) is 24.8 Å². The Kier molecular flexibility index (Phi) is 9.84. The molecule has 0 radical (unpaired) electrons. The van der Waals surface area contributed by atoms with E-state index in [4.69, 9.17) is 15.0 Å². The van der Waals surface area contributed by atoms with Gasteiger partial charge in [0.05, 0.1) is 17.5 Å². The predicted molar refractivity (Wildman–Crippen MR) is 124 cm³/mol. The minimum atomic E-state index is -1.34. The van der Waals surface area contributed by atoms with Crippen molar-refractivity contribution >= 4 is 40.7 Å². The molecule has 0 spiro atoms. The van der Waals surface area contributed by atoms with Crippen LogP contribution in [0, 0.1) is 11.7 Å². The quantitative estimate of drug-likeness (QED) is 0.203. The van der Waals surface area contributed by atoms with Crippen molar-refractivity contribution in [2.24, 2.45) is 5.92 Å². The molecule has 10 nitrogen and oxygen atoms in total. The molecule has 2 atom stereocenters. The third kappa shape index (κ3) is 7.86. The Balaban J connectivity index is 2.29. The van der Waals surface area contributed by atoms with E-state index in [0.29, 0.717) is 17.2 Å². The molecular formula is C24H29FN4O6. The number of esters is 2. The Morgan fingerprint density at radius 1 is 1.14 bits per heavy atom. The maximum absolute atomic E-state index is 14.1. The first kappa shape index (κ1) is 27.4. The van der Waals surface area contributed by atoms with E-state index in [9.17, 15) is 23.6 Å². The summed E-state index contributed by atoms with van der Waals surface area (Å²) in [6, 6.07) is 3.26. The number of halogens is 1. The standard InChI is InChI=1S/C24H29FN4O6/c1-13(2)23(32)35-20(10-15-11-27-21-17(15)6-5-7-18(21)25)22(31)29-19(24(33)34-14(3)4)9-8-16(30)12-28-26/h5-7,11-14,19-20,27H,8-10H2,1-4H3,(H,29,31)/t19-,20-/m0/s1. The molecule has 0 aliphatic carbocycles. The summed E-state index contributed by atoms with van der Waals surface area (Å²) >= 11 is 0. The van der Waals surface area contributed by atoms with Crippen molar-refractivity contribution in [3.63, 3.8) is 0 Å². The molecule has 0 aliphatic rings. The summed E-state index contributed by atoms with van der Waals surface area (Å²) in [4.78, 5) is 55.2. The summed E-state index contributed by atoms with van der Waals surface area (Å²) < 4.78 is 24.7. The Hall–Kier alpha value is -3.85. The van der Waals surface area contributed by atoms with Gasteiger partial charge in [0.25, 0.3) is 5.91 Å². The number of ketones is 1. The van der Waals surface area contributed by atoms with E-state index in [1.54, 1.807) is 33.8 Å². The highest BCUT2D eigenvalue weighted by molar-refractivity contribution is 6.25. The number of rotatable bonds is 12. The van der Waals surface area contributed by atoms with Crippen molar-refractivity contribution in [2.75, 3.05) is 0 Å². The number of hydrogen-bond acceptors (Lipinski definition) is 6.